The molecule has 4 heterocycles. The van der Waals surface area contributed by atoms with Gasteiger partial charge in [-0.15, -0.1) is 0 Å². The molecular formula is C23H27ClN6O. The van der Waals surface area contributed by atoms with Crippen LogP contribution in [-0.4, -0.2) is 34.6 Å². The fourth-order valence-electron chi connectivity index (χ4n) is 4.86. The second-order valence-electron chi connectivity index (χ2n) is 8.63. The van der Waals surface area contributed by atoms with Gasteiger partial charge in [0.05, 0.1) is 28.6 Å². The van der Waals surface area contributed by atoms with Gasteiger partial charge in [0.15, 0.2) is 0 Å². The number of anilines is 1. The number of likely N-dealkylation sites (N-methyl/N-ethyl adjacent to an activating group) is 1. The van der Waals surface area contributed by atoms with E-state index < -0.39 is 0 Å². The standard InChI is InChI=1S/C23H27ClN6O/c1-13-10-20(27-14(2)26-13)31-17-6-4-15(5-7-17)21-22-18(12-25-29-21)23-19(28-22)11-16(24)8-9-30(23)3/h8,10-11,15,17,28H,4-7,9,12H2,1-3H3/t15-,17-. The normalized spacial score (nSPS) is 22.9. The molecule has 31 heavy (non-hydrogen) atoms. The molecule has 0 aromatic carbocycles. The largest absolute Gasteiger partial charge is 0.474 e. The van der Waals surface area contributed by atoms with E-state index in [1.54, 1.807) is 0 Å². The first-order valence-corrected chi connectivity index (χ1v) is 11.3. The summed E-state index contributed by atoms with van der Waals surface area (Å²) in [4.78, 5) is 14.6. The molecule has 1 fully saturated rings. The van der Waals surface area contributed by atoms with E-state index in [0.717, 1.165) is 65.2 Å². The zero-order valence-electron chi connectivity index (χ0n) is 18.2. The van der Waals surface area contributed by atoms with Crippen molar-refractivity contribution in [2.24, 2.45) is 16.1 Å². The molecule has 1 N–H and O–H groups in total. The van der Waals surface area contributed by atoms with Crippen molar-refractivity contribution in [3.63, 3.8) is 0 Å². The summed E-state index contributed by atoms with van der Waals surface area (Å²) in [6, 6.07) is 1.91. The minimum absolute atomic E-state index is 0.175. The van der Waals surface area contributed by atoms with Crippen LogP contribution in [0.2, 0.25) is 0 Å². The fraction of sp³-hybridized carbons (Fsp3) is 0.478. The molecule has 0 bridgehead atoms. The van der Waals surface area contributed by atoms with Gasteiger partial charge in [-0.3, -0.25) is 0 Å². The molecule has 0 radical (unpaired) electrons. The van der Waals surface area contributed by atoms with E-state index in [1.165, 1.54) is 11.3 Å². The third-order valence-corrected chi connectivity index (χ3v) is 6.54. The minimum atomic E-state index is 0.175. The Balaban J connectivity index is 1.39. The molecule has 3 aliphatic rings. The van der Waals surface area contributed by atoms with Crippen molar-refractivity contribution >= 4 is 29.1 Å². The smallest absolute Gasteiger partial charge is 0.217 e. The number of halogens is 1. The van der Waals surface area contributed by atoms with Gasteiger partial charge in [-0.1, -0.05) is 11.6 Å². The number of nitrogens with zero attached hydrogens (tertiary/aromatic N) is 5. The first-order valence-electron chi connectivity index (χ1n) is 10.9. The molecule has 0 saturated heterocycles. The van der Waals surface area contributed by atoms with Gasteiger partial charge in [0.1, 0.15) is 11.9 Å². The van der Waals surface area contributed by atoms with Crippen molar-refractivity contribution in [1.29, 1.82) is 0 Å². The van der Waals surface area contributed by atoms with E-state index in [9.17, 15) is 0 Å². The van der Waals surface area contributed by atoms with Crippen LogP contribution < -0.4 is 20.3 Å². The van der Waals surface area contributed by atoms with Crippen molar-refractivity contribution in [3.05, 3.63) is 45.0 Å². The van der Waals surface area contributed by atoms with Gasteiger partial charge >= 0.3 is 0 Å². The Bertz CT molecular complexity index is 1170. The summed E-state index contributed by atoms with van der Waals surface area (Å²) in [5.41, 5.74) is 4.42. The highest BCUT2D eigenvalue weighted by molar-refractivity contribution is 6.34. The van der Waals surface area contributed by atoms with Gasteiger partial charge < -0.3 is 14.6 Å². The number of rotatable bonds is 3. The molecule has 1 saturated carbocycles. The third-order valence-electron chi connectivity index (χ3n) is 6.28. The molecule has 2 aliphatic heterocycles. The number of hydrogen-bond acceptors (Lipinski definition) is 6. The van der Waals surface area contributed by atoms with Crippen LogP contribution >= 0.6 is 11.6 Å². The quantitative estimate of drug-likeness (QED) is 0.795. The third kappa shape index (κ3) is 3.99. The lowest BCUT2D eigenvalue weighted by Crippen LogP contribution is -2.28. The molecule has 0 unspecified atom stereocenters. The zero-order chi connectivity index (χ0) is 21.5. The Kier molecular flexibility index (Phi) is 5.30. The Hall–Kier alpha value is -2.67. The summed E-state index contributed by atoms with van der Waals surface area (Å²) < 4.78 is 6.17. The van der Waals surface area contributed by atoms with Crippen molar-refractivity contribution < 1.29 is 4.74 Å². The van der Waals surface area contributed by atoms with Crippen LogP contribution in [0.15, 0.2) is 27.4 Å². The van der Waals surface area contributed by atoms with Crippen LogP contribution in [-0.2, 0) is 6.54 Å². The lowest BCUT2D eigenvalue weighted by Gasteiger charge is -2.29. The summed E-state index contributed by atoms with van der Waals surface area (Å²) in [6.45, 7) is 5.25. The van der Waals surface area contributed by atoms with Crippen LogP contribution in [0, 0.1) is 19.8 Å². The van der Waals surface area contributed by atoms with Crippen LogP contribution in [0.4, 0.5) is 5.69 Å². The average Bonchev–Trinajstić information content (AvgIpc) is 3.03. The maximum Gasteiger partial charge on any atom is 0.217 e. The first-order chi connectivity index (χ1) is 15.0. The highest BCUT2D eigenvalue weighted by Gasteiger charge is 2.29. The average molecular weight is 439 g/mol. The van der Waals surface area contributed by atoms with Crippen molar-refractivity contribution in [3.8, 4) is 5.88 Å². The SMILES string of the molecule is Cc1cc(O[C@H]2CC[C@H](C3=c4[nH]c5c(c4CN=N3)N(C)CC=C(Cl)C=5)CC2)nc(C)n1. The number of fused-ring (bicyclic) bond motifs is 3. The first kappa shape index (κ1) is 20.2. The monoisotopic (exact) mass is 438 g/mol. The number of aryl methyl sites for hydroxylation is 2. The number of aromatic nitrogens is 3. The Morgan fingerprint density at radius 1 is 1.16 bits per heavy atom. The topological polar surface area (TPSA) is 78.8 Å². The van der Waals surface area contributed by atoms with Gasteiger partial charge in [-0.05, 0) is 51.7 Å². The number of H-pyrrole nitrogens is 1. The molecule has 162 valence electrons. The molecule has 5 rings (SSSR count). The van der Waals surface area contributed by atoms with E-state index in [1.807, 2.05) is 32.1 Å². The molecule has 0 amide bonds. The maximum atomic E-state index is 6.35. The Labute approximate surface area is 186 Å². The minimum Gasteiger partial charge on any atom is -0.474 e. The zero-order valence-corrected chi connectivity index (χ0v) is 18.9. The van der Waals surface area contributed by atoms with Crippen LogP contribution in [0.1, 0.15) is 42.8 Å². The molecule has 2 aromatic heterocycles. The van der Waals surface area contributed by atoms with Gasteiger partial charge in [-0.25, -0.2) is 4.98 Å². The molecular weight excluding hydrogens is 412 g/mol. The summed E-state index contributed by atoms with van der Waals surface area (Å²) in [7, 11) is 2.09. The van der Waals surface area contributed by atoms with Gasteiger partial charge in [0.2, 0.25) is 5.88 Å². The molecule has 0 spiro atoms. The van der Waals surface area contributed by atoms with E-state index >= 15 is 0 Å². The van der Waals surface area contributed by atoms with Crippen molar-refractivity contribution in [1.82, 2.24) is 15.0 Å². The lowest BCUT2D eigenvalue weighted by atomic mass is 9.84. The Morgan fingerprint density at radius 2 is 1.97 bits per heavy atom. The highest BCUT2D eigenvalue weighted by atomic mass is 35.5. The number of ether oxygens (including phenoxy) is 1. The van der Waals surface area contributed by atoms with E-state index in [0.29, 0.717) is 18.3 Å². The molecule has 8 heteroatoms. The summed E-state index contributed by atoms with van der Waals surface area (Å²) in [6.07, 6.45) is 8.20. The van der Waals surface area contributed by atoms with Crippen LogP contribution in [0.3, 0.4) is 0 Å². The molecule has 1 aliphatic carbocycles. The summed E-state index contributed by atoms with van der Waals surface area (Å²) in [5, 5.41) is 12.0. The number of azo groups is 1. The van der Waals surface area contributed by atoms with E-state index in [-0.39, 0.29) is 6.10 Å². The Morgan fingerprint density at radius 3 is 2.74 bits per heavy atom. The molecule has 0 atom stereocenters. The lowest BCUT2D eigenvalue weighted by molar-refractivity contribution is 0.136. The second-order valence-corrected chi connectivity index (χ2v) is 9.06. The summed E-state index contributed by atoms with van der Waals surface area (Å²) in [5.74, 6) is 1.80. The second kappa shape index (κ2) is 8.11. The number of aromatic amines is 1. The maximum absolute atomic E-state index is 6.35. The molecule has 7 nitrogen and oxygen atoms in total. The van der Waals surface area contributed by atoms with E-state index in [4.69, 9.17) is 16.3 Å². The number of hydrogen-bond donors (Lipinski definition) is 1. The fourth-order valence-corrected chi connectivity index (χ4v) is 5.04. The van der Waals surface area contributed by atoms with Crippen molar-refractivity contribution in [2.45, 2.75) is 52.2 Å². The number of nitrogens with one attached hydrogen (secondary N) is 1. The van der Waals surface area contributed by atoms with Crippen LogP contribution in [0.25, 0.3) is 11.8 Å². The predicted octanol–water partition coefficient (Wildman–Crippen LogP) is 3.49. The highest BCUT2D eigenvalue weighted by Crippen LogP contribution is 2.34. The van der Waals surface area contributed by atoms with Gasteiger partial charge in [-0.2, -0.15) is 15.2 Å². The number of allylic oxidation sites excluding steroid dienone is 1. The van der Waals surface area contributed by atoms with Crippen molar-refractivity contribution in [2.75, 3.05) is 18.5 Å². The van der Waals surface area contributed by atoms with Crippen LogP contribution in [0.5, 0.6) is 5.88 Å². The van der Waals surface area contributed by atoms with Gasteiger partial charge in [0, 0.05) is 41.9 Å². The predicted molar refractivity (Wildman–Crippen MR) is 122 cm³/mol. The summed E-state index contributed by atoms with van der Waals surface area (Å²) >= 11 is 6.35. The van der Waals surface area contributed by atoms with E-state index in [2.05, 4.69) is 37.1 Å². The van der Waals surface area contributed by atoms with Gasteiger partial charge in [0.25, 0.3) is 0 Å². The molecule has 2 aromatic rings.